The Morgan fingerprint density at radius 1 is 0.966 bits per heavy atom. The third kappa shape index (κ3) is 3.92. The first-order chi connectivity index (χ1) is 14.2. The summed E-state index contributed by atoms with van der Waals surface area (Å²) >= 11 is 0. The van der Waals surface area contributed by atoms with Crippen LogP contribution in [0.25, 0.3) is 22.7 Å². The molecule has 29 heavy (non-hydrogen) atoms. The first-order valence-corrected chi connectivity index (χ1v) is 9.37. The molecule has 0 atom stereocenters. The molecule has 1 heterocycles. The number of benzene rings is 3. The summed E-state index contributed by atoms with van der Waals surface area (Å²) in [4.78, 5) is 11.4. The van der Waals surface area contributed by atoms with Crippen LogP contribution in [-0.2, 0) is 11.2 Å². The molecule has 4 heteroatoms. The van der Waals surface area contributed by atoms with Gasteiger partial charge in [-0.05, 0) is 34.9 Å². The number of ether oxygens (including phenoxy) is 1. The fourth-order valence-corrected chi connectivity index (χ4v) is 3.53. The molecule has 3 aromatic carbocycles. The van der Waals surface area contributed by atoms with Gasteiger partial charge >= 0.3 is 5.97 Å². The second-order valence-electron chi connectivity index (χ2n) is 6.79. The molecule has 0 aliphatic heterocycles. The lowest BCUT2D eigenvalue weighted by Gasteiger charge is -2.10. The van der Waals surface area contributed by atoms with E-state index in [9.17, 15) is 9.90 Å². The second kappa shape index (κ2) is 8.07. The van der Waals surface area contributed by atoms with Gasteiger partial charge in [0.1, 0.15) is 5.75 Å². The number of hydrogen-bond donors (Lipinski definition) is 1. The lowest BCUT2D eigenvalue weighted by atomic mass is 9.99. The Morgan fingerprint density at radius 3 is 2.14 bits per heavy atom. The average Bonchev–Trinajstić information content (AvgIpc) is 3.09. The smallest absolute Gasteiger partial charge is 0.307 e. The van der Waals surface area contributed by atoms with Gasteiger partial charge in [-0.3, -0.25) is 4.79 Å². The minimum atomic E-state index is -0.859. The topological polar surface area (TPSA) is 51.5 Å². The lowest BCUT2D eigenvalue weighted by Crippen LogP contribution is -1.99. The summed E-state index contributed by atoms with van der Waals surface area (Å²) in [6.45, 7) is 0. The first kappa shape index (κ1) is 18.6. The minimum Gasteiger partial charge on any atom is -0.497 e. The zero-order valence-electron chi connectivity index (χ0n) is 16.1. The Kier molecular flexibility index (Phi) is 5.16. The number of fused-ring (bicyclic) bond motifs is 1. The number of carboxylic acid groups (broad SMARTS) is 1. The summed E-state index contributed by atoms with van der Waals surface area (Å²) < 4.78 is 7.34. The van der Waals surface area contributed by atoms with E-state index in [1.54, 1.807) is 7.11 Å². The predicted octanol–water partition coefficient (Wildman–Crippen LogP) is 5.32. The van der Waals surface area contributed by atoms with Crippen LogP contribution in [0.2, 0.25) is 0 Å². The molecule has 0 bridgehead atoms. The zero-order chi connectivity index (χ0) is 20.2. The zero-order valence-corrected chi connectivity index (χ0v) is 16.1. The van der Waals surface area contributed by atoms with E-state index in [-0.39, 0.29) is 6.42 Å². The van der Waals surface area contributed by atoms with E-state index < -0.39 is 5.97 Å². The van der Waals surface area contributed by atoms with Crippen molar-refractivity contribution in [2.24, 2.45) is 0 Å². The van der Waals surface area contributed by atoms with Crippen LogP contribution in [0.15, 0.2) is 85.1 Å². The molecule has 4 aromatic rings. The van der Waals surface area contributed by atoms with Crippen molar-refractivity contribution in [2.45, 2.75) is 6.42 Å². The molecule has 144 valence electrons. The van der Waals surface area contributed by atoms with Crippen molar-refractivity contribution in [2.75, 3.05) is 7.11 Å². The van der Waals surface area contributed by atoms with Crippen LogP contribution < -0.4 is 4.74 Å². The third-order valence-electron chi connectivity index (χ3n) is 4.90. The molecule has 0 unspecified atom stereocenters. The molecule has 1 N–H and O–H groups in total. The normalized spacial score (nSPS) is 10.7. The Balaban J connectivity index is 1.93. The van der Waals surface area contributed by atoms with Gasteiger partial charge in [-0.2, -0.15) is 0 Å². The van der Waals surface area contributed by atoms with Gasteiger partial charge in [-0.25, -0.2) is 0 Å². The SMILES string of the molecule is COc1ccc2c(c1)c(CC(=O)O)cn2C=C(c1ccccc1)c1ccccc1. The maximum atomic E-state index is 11.4. The van der Waals surface area contributed by atoms with E-state index >= 15 is 0 Å². The molecule has 0 spiro atoms. The fraction of sp³-hybridized carbons (Fsp3) is 0.0800. The molecular formula is C25H21NO3. The average molecular weight is 383 g/mol. The van der Waals surface area contributed by atoms with Gasteiger partial charge in [0, 0.05) is 23.4 Å². The van der Waals surface area contributed by atoms with Gasteiger partial charge in [-0.15, -0.1) is 0 Å². The van der Waals surface area contributed by atoms with Gasteiger partial charge in [0.25, 0.3) is 0 Å². The molecule has 0 saturated heterocycles. The number of aliphatic carboxylic acids is 1. The highest BCUT2D eigenvalue weighted by molar-refractivity contribution is 5.94. The number of rotatable bonds is 6. The van der Waals surface area contributed by atoms with E-state index in [2.05, 4.69) is 30.5 Å². The highest BCUT2D eigenvalue weighted by atomic mass is 16.5. The summed E-state index contributed by atoms with van der Waals surface area (Å²) in [6, 6.07) is 26.1. The number of carbonyl (C=O) groups is 1. The Morgan fingerprint density at radius 2 is 1.59 bits per heavy atom. The summed E-state index contributed by atoms with van der Waals surface area (Å²) in [5.41, 5.74) is 4.93. The van der Waals surface area contributed by atoms with Crippen LogP contribution in [0, 0.1) is 0 Å². The Hall–Kier alpha value is -3.79. The number of methoxy groups -OCH3 is 1. The maximum Gasteiger partial charge on any atom is 0.307 e. The number of carboxylic acids is 1. The van der Waals surface area contributed by atoms with E-state index in [1.165, 1.54) is 0 Å². The maximum absolute atomic E-state index is 11.4. The van der Waals surface area contributed by atoms with Crippen molar-refractivity contribution >= 4 is 28.6 Å². The van der Waals surface area contributed by atoms with Crippen LogP contribution in [0.3, 0.4) is 0 Å². The van der Waals surface area contributed by atoms with Gasteiger partial charge < -0.3 is 14.4 Å². The van der Waals surface area contributed by atoms with Gasteiger partial charge in [0.05, 0.1) is 19.0 Å². The summed E-state index contributed by atoms with van der Waals surface area (Å²) in [5, 5.41) is 10.2. The van der Waals surface area contributed by atoms with Crippen molar-refractivity contribution in [3.63, 3.8) is 0 Å². The quantitative estimate of drug-likeness (QED) is 0.490. The van der Waals surface area contributed by atoms with Crippen LogP contribution in [0.4, 0.5) is 0 Å². The van der Waals surface area contributed by atoms with Crippen LogP contribution in [0.1, 0.15) is 16.7 Å². The number of nitrogens with zero attached hydrogens (tertiary/aromatic N) is 1. The minimum absolute atomic E-state index is 0.0451. The van der Waals surface area contributed by atoms with E-state index in [1.807, 2.05) is 65.4 Å². The van der Waals surface area contributed by atoms with Crippen molar-refractivity contribution in [3.8, 4) is 5.75 Å². The van der Waals surface area contributed by atoms with Crippen molar-refractivity contribution in [1.82, 2.24) is 4.57 Å². The molecule has 0 aliphatic carbocycles. The molecule has 0 amide bonds. The molecule has 4 nitrogen and oxygen atoms in total. The molecular weight excluding hydrogens is 362 g/mol. The van der Waals surface area contributed by atoms with Crippen LogP contribution in [0.5, 0.6) is 5.75 Å². The Labute approximate surface area is 169 Å². The van der Waals surface area contributed by atoms with Crippen LogP contribution >= 0.6 is 0 Å². The highest BCUT2D eigenvalue weighted by Crippen LogP contribution is 2.30. The summed E-state index contributed by atoms with van der Waals surface area (Å²) in [5.74, 6) is -0.153. The molecule has 0 saturated carbocycles. The van der Waals surface area contributed by atoms with Crippen molar-refractivity contribution in [3.05, 3.63) is 102 Å². The molecule has 4 rings (SSSR count). The summed E-state index contributed by atoms with van der Waals surface area (Å²) in [7, 11) is 1.61. The second-order valence-corrected chi connectivity index (χ2v) is 6.79. The van der Waals surface area contributed by atoms with Gasteiger partial charge in [0.15, 0.2) is 0 Å². The van der Waals surface area contributed by atoms with E-state index in [0.29, 0.717) is 5.75 Å². The first-order valence-electron chi connectivity index (χ1n) is 9.37. The molecule has 0 radical (unpaired) electrons. The van der Waals surface area contributed by atoms with Crippen LogP contribution in [-0.4, -0.2) is 22.8 Å². The van der Waals surface area contributed by atoms with Crippen molar-refractivity contribution in [1.29, 1.82) is 0 Å². The summed E-state index contributed by atoms with van der Waals surface area (Å²) in [6.07, 6.45) is 3.91. The standard InChI is InChI=1S/C25H21NO3/c1-29-21-12-13-24-22(15-21)20(14-25(27)28)16-26(24)17-23(18-8-4-2-5-9-18)19-10-6-3-7-11-19/h2-13,15-17H,14H2,1H3,(H,27,28). The largest absolute Gasteiger partial charge is 0.497 e. The fourth-order valence-electron chi connectivity index (χ4n) is 3.53. The van der Waals surface area contributed by atoms with E-state index in [0.717, 1.165) is 33.2 Å². The third-order valence-corrected chi connectivity index (χ3v) is 4.90. The van der Waals surface area contributed by atoms with E-state index in [4.69, 9.17) is 4.74 Å². The number of aromatic nitrogens is 1. The number of hydrogen-bond acceptors (Lipinski definition) is 2. The Bertz CT molecular complexity index is 1130. The van der Waals surface area contributed by atoms with Gasteiger partial charge in [0.2, 0.25) is 0 Å². The molecule has 0 aliphatic rings. The van der Waals surface area contributed by atoms with Gasteiger partial charge in [-0.1, -0.05) is 60.7 Å². The lowest BCUT2D eigenvalue weighted by molar-refractivity contribution is -0.136. The predicted molar refractivity (Wildman–Crippen MR) is 116 cm³/mol. The van der Waals surface area contributed by atoms with Crippen molar-refractivity contribution < 1.29 is 14.6 Å². The monoisotopic (exact) mass is 383 g/mol. The molecule has 0 fully saturated rings. The highest BCUT2D eigenvalue weighted by Gasteiger charge is 2.13. The molecule has 1 aromatic heterocycles.